The Hall–Kier alpha value is -1.82. The standard InChI is InChI=1S/C16H12/c1-2-8-13-12(7-1)14-9-3-5-11-6-4-10-15(13)16(11)14/h1-7,9H,8,10H2. The maximum absolute atomic E-state index is 2.29. The fraction of sp³-hybridized carbons (Fsp3) is 0.125. The van der Waals surface area contributed by atoms with Crippen LogP contribution in [0, 0.1) is 0 Å². The fourth-order valence-electron chi connectivity index (χ4n) is 3.05. The molecular formula is C16H12. The van der Waals surface area contributed by atoms with Gasteiger partial charge in [-0.2, -0.15) is 0 Å². The highest BCUT2D eigenvalue weighted by Crippen LogP contribution is 2.48. The van der Waals surface area contributed by atoms with Crippen molar-refractivity contribution in [1.29, 1.82) is 0 Å². The van der Waals surface area contributed by atoms with E-state index in [1.165, 1.54) is 22.3 Å². The Balaban J connectivity index is 2.13. The third-order valence-corrected chi connectivity index (χ3v) is 3.72. The van der Waals surface area contributed by atoms with E-state index in [4.69, 9.17) is 0 Å². The lowest BCUT2D eigenvalue weighted by molar-refractivity contribution is 1.26. The van der Waals surface area contributed by atoms with Crippen LogP contribution in [-0.4, -0.2) is 0 Å². The van der Waals surface area contributed by atoms with E-state index in [-0.39, 0.29) is 0 Å². The Bertz CT molecular complexity index is 607. The molecule has 76 valence electrons. The highest BCUT2D eigenvalue weighted by molar-refractivity contribution is 6.04. The maximum Gasteiger partial charge on any atom is -0.00671 e. The van der Waals surface area contributed by atoms with Gasteiger partial charge in [0.25, 0.3) is 0 Å². The van der Waals surface area contributed by atoms with Crippen LogP contribution in [0.15, 0.2) is 48.1 Å². The monoisotopic (exact) mass is 204 g/mol. The number of hydrogen-bond donors (Lipinski definition) is 0. The summed E-state index contributed by atoms with van der Waals surface area (Å²) in [6.07, 6.45) is 13.5. The Morgan fingerprint density at radius 2 is 1.88 bits per heavy atom. The van der Waals surface area contributed by atoms with E-state index in [1.807, 2.05) is 0 Å². The molecule has 0 bridgehead atoms. The van der Waals surface area contributed by atoms with Gasteiger partial charge in [-0.15, -0.1) is 0 Å². The van der Waals surface area contributed by atoms with Gasteiger partial charge in [0.1, 0.15) is 0 Å². The number of hydrogen-bond acceptors (Lipinski definition) is 0. The van der Waals surface area contributed by atoms with Gasteiger partial charge < -0.3 is 0 Å². The van der Waals surface area contributed by atoms with Crippen LogP contribution in [0.25, 0.3) is 17.2 Å². The van der Waals surface area contributed by atoms with Crippen molar-refractivity contribution in [1.82, 2.24) is 0 Å². The molecule has 0 spiro atoms. The van der Waals surface area contributed by atoms with E-state index in [1.54, 1.807) is 11.1 Å². The van der Waals surface area contributed by atoms with E-state index in [0.29, 0.717) is 0 Å². The van der Waals surface area contributed by atoms with Crippen LogP contribution in [-0.2, 0) is 0 Å². The highest BCUT2D eigenvalue weighted by Gasteiger charge is 2.28. The molecule has 0 saturated heterocycles. The zero-order valence-corrected chi connectivity index (χ0v) is 9.03. The van der Waals surface area contributed by atoms with Crippen molar-refractivity contribution in [2.45, 2.75) is 12.8 Å². The van der Waals surface area contributed by atoms with Gasteiger partial charge in [-0.3, -0.25) is 0 Å². The molecule has 16 heavy (non-hydrogen) atoms. The zero-order chi connectivity index (χ0) is 10.5. The molecule has 0 amide bonds. The average molecular weight is 204 g/mol. The largest absolute Gasteiger partial charge is 0.0801 e. The quantitative estimate of drug-likeness (QED) is 0.593. The molecule has 3 aliphatic rings. The van der Waals surface area contributed by atoms with Gasteiger partial charge >= 0.3 is 0 Å². The Labute approximate surface area is 95.3 Å². The minimum absolute atomic E-state index is 1.10. The molecule has 0 N–H and O–H groups in total. The average Bonchev–Trinajstić information content (AvgIpc) is 2.68. The van der Waals surface area contributed by atoms with Crippen molar-refractivity contribution in [3.8, 4) is 0 Å². The predicted molar refractivity (Wildman–Crippen MR) is 68.7 cm³/mol. The highest BCUT2D eigenvalue weighted by atomic mass is 14.3. The molecule has 1 aromatic rings. The summed E-state index contributed by atoms with van der Waals surface area (Å²) in [5, 5.41) is 0. The first kappa shape index (κ1) is 8.35. The van der Waals surface area contributed by atoms with E-state index in [9.17, 15) is 0 Å². The van der Waals surface area contributed by atoms with Crippen molar-refractivity contribution in [3.05, 3.63) is 64.8 Å². The molecule has 3 aliphatic carbocycles. The van der Waals surface area contributed by atoms with Gasteiger partial charge in [0.05, 0.1) is 0 Å². The second-order valence-electron chi connectivity index (χ2n) is 4.55. The van der Waals surface area contributed by atoms with Crippen LogP contribution in [0.1, 0.15) is 29.5 Å². The molecule has 0 fully saturated rings. The molecule has 0 heterocycles. The van der Waals surface area contributed by atoms with Crippen LogP contribution >= 0.6 is 0 Å². The molecule has 0 aliphatic heterocycles. The predicted octanol–water partition coefficient (Wildman–Crippen LogP) is 4.21. The number of fused-ring (bicyclic) bond motifs is 2. The second-order valence-corrected chi connectivity index (χ2v) is 4.55. The Kier molecular flexibility index (Phi) is 1.49. The van der Waals surface area contributed by atoms with Crippen LogP contribution in [0.5, 0.6) is 0 Å². The summed E-state index contributed by atoms with van der Waals surface area (Å²) in [6.45, 7) is 0. The minimum atomic E-state index is 1.10. The third-order valence-electron chi connectivity index (χ3n) is 3.72. The van der Waals surface area contributed by atoms with Crippen LogP contribution in [0.3, 0.4) is 0 Å². The van der Waals surface area contributed by atoms with Crippen LogP contribution < -0.4 is 0 Å². The lowest BCUT2D eigenvalue weighted by Gasteiger charge is -2.12. The van der Waals surface area contributed by atoms with E-state index in [0.717, 1.165) is 12.8 Å². The second kappa shape index (κ2) is 2.85. The van der Waals surface area contributed by atoms with Gasteiger partial charge in [-0.1, -0.05) is 48.6 Å². The molecule has 0 saturated carbocycles. The molecular weight excluding hydrogens is 192 g/mol. The van der Waals surface area contributed by atoms with Crippen molar-refractivity contribution in [2.75, 3.05) is 0 Å². The zero-order valence-electron chi connectivity index (χ0n) is 9.03. The SMILES string of the molecule is C1=CCC2=C3CC=Cc4cccc(c43)C2=C1. The molecule has 4 rings (SSSR count). The smallest absolute Gasteiger partial charge is 0.00671 e. The fourth-order valence-corrected chi connectivity index (χ4v) is 3.05. The number of rotatable bonds is 0. The normalized spacial score (nSPS) is 19.6. The maximum atomic E-state index is 2.29. The van der Waals surface area contributed by atoms with E-state index >= 15 is 0 Å². The van der Waals surface area contributed by atoms with Gasteiger partial charge in [0, 0.05) is 0 Å². The van der Waals surface area contributed by atoms with E-state index < -0.39 is 0 Å². The van der Waals surface area contributed by atoms with Crippen LogP contribution in [0.2, 0.25) is 0 Å². The van der Waals surface area contributed by atoms with Crippen molar-refractivity contribution in [3.63, 3.8) is 0 Å². The topological polar surface area (TPSA) is 0 Å². The van der Waals surface area contributed by atoms with Gasteiger partial charge in [0.2, 0.25) is 0 Å². The summed E-state index contributed by atoms with van der Waals surface area (Å²) in [4.78, 5) is 0. The number of benzene rings is 1. The molecule has 1 aromatic carbocycles. The van der Waals surface area contributed by atoms with Crippen LogP contribution in [0.4, 0.5) is 0 Å². The summed E-state index contributed by atoms with van der Waals surface area (Å²) >= 11 is 0. The number of allylic oxidation sites excluding steroid dienone is 7. The molecule has 0 heteroatoms. The molecule has 0 aromatic heterocycles. The molecule has 0 nitrogen and oxygen atoms in total. The van der Waals surface area contributed by atoms with Gasteiger partial charge in [-0.25, -0.2) is 0 Å². The molecule has 0 radical (unpaired) electrons. The summed E-state index contributed by atoms with van der Waals surface area (Å²) in [5.41, 5.74) is 8.89. The lowest BCUT2D eigenvalue weighted by atomic mass is 9.92. The Morgan fingerprint density at radius 3 is 2.88 bits per heavy atom. The summed E-state index contributed by atoms with van der Waals surface area (Å²) < 4.78 is 0. The summed E-state index contributed by atoms with van der Waals surface area (Å²) in [7, 11) is 0. The molecule has 0 unspecified atom stereocenters. The van der Waals surface area contributed by atoms with Crippen molar-refractivity contribution < 1.29 is 0 Å². The third kappa shape index (κ3) is 0.898. The molecule has 0 atom stereocenters. The van der Waals surface area contributed by atoms with Crippen molar-refractivity contribution in [2.24, 2.45) is 0 Å². The van der Waals surface area contributed by atoms with Gasteiger partial charge in [0.15, 0.2) is 0 Å². The summed E-state index contributed by atoms with van der Waals surface area (Å²) in [6, 6.07) is 6.65. The first-order chi connectivity index (χ1) is 7.95. The first-order valence-electron chi connectivity index (χ1n) is 5.84. The lowest BCUT2D eigenvalue weighted by Crippen LogP contribution is -1.92. The minimum Gasteiger partial charge on any atom is -0.0801 e. The van der Waals surface area contributed by atoms with E-state index in [2.05, 4.69) is 48.6 Å². The Morgan fingerprint density at radius 1 is 0.938 bits per heavy atom. The van der Waals surface area contributed by atoms with Gasteiger partial charge in [-0.05, 0) is 46.3 Å². The first-order valence-corrected chi connectivity index (χ1v) is 5.84. The van der Waals surface area contributed by atoms with Crippen molar-refractivity contribution >= 4 is 17.2 Å². The summed E-state index contributed by atoms with van der Waals surface area (Å²) in [5.74, 6) is 0.